The molecule has 1 aromatic heterocycles. The van der Waals surface area contributed by atoms with Gasteiger partial charge in [-0.3, -0.25) is 4.98 Å². The fraction of sp³-hybridized carbons (Fsp3) is 0.667. The van der Waals surface area contributed by atoms with Crippen molar-refractivity contribution in [2.45, 2.75) is 38.9 Å². The third-order valence-corrected chi connectivity index (χ3v) is 3.49. The number of hydrogen-bond acceptors (Lipinski definition) is 6. The van der Waals surface area contributed by atoms with Gasteiger partial charge < -0.3 is 19.5 Å². The van der Waals surface area contributed by atoms with E-state index in [0.29, 0.717) is 31.1 Å². The third-order valence-electron chi connectivity index (χ3n) is 3.49. The molecule has 0 radical (unpaired) electrons. The number of nitrogens with zero attached hydrogens (tertiary/aromatic N) is 3. The van der Waals surface area contributed by atoms with Crippen LogP contribution in [0.3, 0.4) is 0 Å². The zero-order valence-electron chi connectivity index (χ0n) is 13.4. The number of ether oxygens (including phenoxy) is 2. The zero-order chi connectivity index (χ0) is 16.3. The molecule has 2 unspecified atom stereocenters. The van der Waals surface area contributed by atoms with Crippen molar-refractivity contribution in [3.05, 3.63) is 18.1 Å². The number of aliphatic hydroxyl groups is 1. The van der Waals surface area contributed by atoms with Crippen LogP contribution >= 0.6 is 0 Å². The maximum Gasteiger partial charge on any atom is 0.410 e. The van der Waals surface area contributed by atoms with Crippen LogP contribution in [0.15, 0.2) is 12.4 Å². The topological polar surface area (TPSA) is 84.8 Å². The first kappa shape index (κ1) is 16.5. The zero-order valence-corrected chi connectivity index (χ0v) is 13.4. The first-order valence-electron chi connectivity index (χ1n) is 7.32. The number of carbonyl (C=O) groups is 1. The van der Waals surface area contributed by atoms with Gasteiger partial charge in [-0.25, -0.2) is 9.78 Å². The molecule has 1 aromatic rings. The molecule has 0 spiro atoms. The van der Waals surface area contributed by atoms with E-state index in [0.717, 1.165) is 0 Å². The van der Waals surface area contributed by atoms with Gasteiger partial charge in [-0.1, -0.05) is 0 Å². The Morgan fingerprint density at radius 3 is 2.73 bits per heavy atom. The molecule has 0 aromatic carbocycles. The van der Waals surface area contributed by atoms with Crippen LogP contribution < -0.4 is 4.74 Å². The van der Waals surface area contributed by atoms with Gasteiger partial charge in [0.05, 0.1) is 7.11 Å². The summed E-state index contributed by atoms with van der Waals surface area (Å²) in [7, 11) is 1.49. The molecular formula is C15H23N3O4. The van der Waals surface area contributed by atoms with Crippen LogP contribution in [0.1, 0.15) is 39.0 Å². The fourth-order valence-corrected chi connectivity index (χ4v) is 2.46. The van der Waals surface area contributed by atoms with E-state index in [4.69, 9.17) is 9.47 Å². The predicted molar refractivity (Wildman–Crippen MR) is 79.5 cm³/mol. The molecule has 122 valence electrons. The van der Waals surface area contributed by atoms with Crippen molar-refractivity contribution in [3.63, 3.8) is 0 Å². The van der Waals surface area contributed by atoms with Crippen molar-refractivity contribution >= 4 is 6.09 Å². The highest BCUT2D eigenvalue weighted by Crippen LogP contribution is 2.32. The lowest BCUT2D eigenvalue weighted by molar-refractivity contribution is 0.0266. The van der Waals surface area contributed by atoms with Gasteiger partial charge in [0, 0.05) is 31.4 Å². The molecule has 2 heterocycles. The molecule has 22 heavy (non-hydrogen) atoms. The highest BCUT2D eigenvalue weighted by molar-refractivity contribution is 5.68. The summed E-state index contributed by atoms with van der Waals surface area (Å²) < 4.78 is 10.5. The molecule has 1 aliphatic rings. The van der Waals surface area contributed by atoms with Crippen LogP contribution in [0.5, 0.6) is 5.88 Å². The average Bonchev–Trinajstić information content (AvgIpc) is 2.94. The number of hydrogen-bond donors (Lipinski definition) is 1. The van der Waals surface area contributed by atoms with Crippen molar-refractivity contribution in [1.29, 1.82) is 0 Å². The highest BCUT2D eigenvalue weighted by Gasteiger charge is 2.35. The van der Waals surface area contributed by atoms with E-state index >= 15 is 0 Å². The molecule has 7 nitrogen and oxygen atoms in total. The van der Waals surface area contributed by atoms with Gasteiger partial charge >= 0.3 is 6.09 Å². The van der Waals surface area contributed by atoms with Gasteiger partial charge in [0.15, 0.2) is 0 Å². The standard InChI is InChI=1S/C15H23N3O4/c1-15(2,3)22-14(20)18-8-5-10(9-18)12(19)11-13(21-4)17-7-6-16-11/h6-7,10,12,19H,5,8-9H2,1-4H3. The Balaban J connectivity index is 2.02. The Kier molecular flexibility index (Phi) is 4.85. The minimum absolute atomic E-state index is 0.113. The van der Waals surface area contributed by atoms with Gasteiger partial charge in [0.1, 0.15) is 17.4 Å². The van der Waals surface area contributed by atoms with Gasteiger partial charge in [-0.15, -0.1) is 0 Å². The van der Waals surface area contributed by atoms with Crippen LogP contribution in [-0.4, -0.2) is 51.9 Å². The lowest BCUT2D eigenvalue weighted by atomic mass is 9.99. The Labute approximate surface area is 130 Å². The summed E-state index contributed by atoms with van der Waals surface area (Å²) in [5, 5.41) is 10.5. The van der Waals surface area contributed by atoms with E-state index in [-0.39, 0.29) is 12.0 Å². The number of carbonyl (C=O) groups excluding carboxylic acids is 1. The summed E-state index contributed by atoms with van der Waals surface area (Å²) in [6.45, 7) is 6.47. The van der Waals surface area contributed by atoms with Gasteiger partial charge in [-0.05, 0) is 27.2 Å². The van der Waals surface area contributed by atoms with Crippen LogP contribution in [0.4, 0.5) is 4.79 Å². The molecule has 1 aliphatic heterocycles. The molecule has 0 bridgehead atoms. The molecule has 0 aliphatic carbocycles. The second kappa shape index (κ2) is 6.48. The Bertz CT molecular complexity index is 530. The van der Waals surface area contributed by atoms with Crippen LogP contribution in [0, 0.1) is 5.92 Å². The number of rotatable bonds is 3. The second-order valence-electron chi connectivity index (χ2n) is 6.37. The molecule has 0 saturated carbocycles. The molecular weight excluding hydrogens is 286 g/mol. The van der Waals surface area contributed by atoms with Crippen LogP contribution in [0.2, 0.25) is 0 Å². The maximum absolute atomic E-state index is 12.1. The Morgan fingerprint density at radius 2 is 2.09 bits per heavy atom. The summed E-state index contributed by atoms with van der Waals surface area (Å²) in [6.07, 6.45) is 2.53. The van der Waals surface area contributed by atoms with E-state index in [1.807, 2.05) is 20.8 Å². The minimum atomic E-state index is -0.823. The van der Waals surface area contributed by atoms with E-state index in [2.05, 4.69) is 9.97 Å². The van der Waals surface area contributed by atoms with E-state index < -0.39 is 11.7 Å². The van der Waals surface area contributed by atoms with Crippen molar-refractivity contribution in [2.24, 2.45) is 5.92 Å². The molecule has 7 heteroatoms. The van der Waals surface area contributed by atoms with Crippen molar-refractivity contribution in [2.75, 3.05) is 20.2 Å². The van der Waals surface area contributed by atoms with Crippen molar-refractivity contribution in [3.8, 4) is 5.88 Å². The summed E-state index contributed by atoms with van der Waals surface area (Å²) >= 11 is 0. The van der Waals surface area contributed by atoms with E-state index in [1.54, 1.807) is 4.90 Å². The van der Waals surface area contributed by atoms with E-state index in [1.165, 1.54) is 19.5 Å². The lowest BCUT2D eigenvalue weighted by Crippen LogP contribution is -2.35. The molecule has 2 atom stereocenters. The number of likely N-dealkylation sites (tertiary alicyclic amines) is 1. The summed E-state index contributed by atoms with van der Waals surface area (Å²) in [5.74, 6) is 0.198. The molecule has 1 N–H and O–H groups in total. The molecule has 1 fully saturated rings. The number of methoxy groups -OCH3 is 1. The predicted octanol–water partition coefficient (Wildman–Crippen LogP) is 1.78. The fourth-order valence-electron chi connectivity index (χ4n) is 2.46. The molecule has 2 rings (SSSR count). The SMILES string of the molecule is COc1nccnc1C(O)C1CCN(C(=O)OC(C)(C)C)C1. The first-order chi connectivity index (χ1) is 10.3. The van der Waals surface area contributed by atoms with Crippen molar-refractivity contribution in [1.82, 2.24) is 14.9 Å². The monoisotopic (exact) mass is 309 g/mol. The van der Waals surface area contributed by atoms with Crippen LogP contribution in [-0.2, 0) is 4.74 Å². The second-order valence-corrected chi connectivity index (χ2v) is 6.37. The van der Waals surface area contributed by atoms with Crippen LogP contribution in [0.25, 0.3) is 0 Å². The lowest BCUT2D eigenvalue weighted by Gasteiger charge is -2.25. The number of aliphatic hydroxyl groups excluding tert-OH is 1. The number of aromatic nitrogens is 2. The van der Waals surface area contributed by atoms with Gasteiger partial charge in [0.2, 0.25) is 5.88 Å². The highest BCUT2D eigenvalue weighted by atomic mass is 16.6. The van der Waals surface area contributed by atoms with Crippen molar-refractivity contribution < 1.29 is 19.4 Å². The first-order valence-corrected chi connectivity index (χ1v) is 7.32. The normalized spacial score (nSPS) is 19.9. The quantitative estimate of drug-likeness (QED) is 0.916. The summed E-state index contributed by atoms with van der Waals surface area (Å²) in [6, 6.07) is 0. The van der Waals surface area contributed by atoms with E-state index in [9.17, 15) is 9.90 Å². The number of amides is 1. The Morgan fingerprint density at radius 1 is 1.41 bits per heavy atom. The summed E-state index contributed by atoms with van der Waals surface area (Å²) in [4.78, 5) is 21.9. The maximum atomic E-state index is 12.1. The van der Waals surface area contributed by atoms with Gasteiger partial charge in [0.25, 0.3) is 0 Å². The smallest absolute Gasteiger partial charge is 0.410 e. The largest absolute Gasteiger partial charge is 0.480 e. The average molecular weight is 309 g/mol. The molecule has 1 saturated heterocycles. The third kappa shape index (κ3) is 3.85. The summed E-state index contributed by atoms with van der Waals surface area (Å²) in [5.41, 5.74) is -0.122. The Hall–Kier alpha value is -1.89. The van der Waals surface area contributed by atoms with Gasteiger partial charge in [-0.2, -0.15) is 0 Å². The minimum Gasteiger partial charge on any atom is -0.480 e. The molecule has 1 amide bonds.